The SMILES string of the molecule is Cc1cc2ccccc2n1-c1ncc(C(F)(F)F)c(NCc2cccc(F)c2)n1. The Morgan fingerprint density at radius 3 is 2.59 bits per heavy atom. The molecule has 2 heterocycles. The second kappa shape index (κ2) is 7.20. The smallest absolute Gasteiger partial charge is 0.365 e. The van der Waals surface area contributed by atoms with E-state index in [0.29, 0.717) is 5.56 Å². The van der Waals surface area contributed by atoms with Gasteiger partial charge in [0.05, 0.1) is 5.52 Å². The molecule has 29 heavy (non-hydrogen) atoms. The van der Waals surface area contributed by atoms with E-state index in [4.69, 9.17) is 0 Å². The van der Waals surface area contributed by atoms with Crippen LogP contribution in [0.5, 0.6) is 0 Å². The van der Waals surface area contributed by atoms with Crippen molar-refractivity contribution >= 4 is 16.7 Å². The van der Waals surface area contributed by atoms with Crippen molar-refractivity contribution in [3.63, 3.8) is 0 Å². The van der Waals surface area contributed by atoms with E-state index in [2.05, 4.69) is 15.3 Å². The first-order valence-electron chi connectivity index (χ1n) is 8.83. The zero-order valence-electron chi connectivity index (χ0n) is 15.3. The maximum atomic E-state index is 13.5. The Hall–Kier alpha value is -3.42. The van der Waals surface area contributed by atoms with E-state index in [1.54, 1.807) is 10.6 Å². The number of aromatic nitrogens is 3. The van der Waals surface area contributed by atoms with Gasteiger partial charge in [0.15, 0.2) is 0 Å². The summed E-state index contributed by atoms with van der Waals surface area (Å²) in [6.45, 7) is 1.82. The lowest BCUT2D eigenvalue weighted by atomic mass is 10.2. The van der Waals surface area contributed by atoms with Gasteiger partial charge in [-0.3, -0.25) is 4.57 Å². The Bertz CT molecular complexity index is 1180. The number of nitrogens with one attached hydrogen (secondary N) is 1. The maximum Gasteiger partial charge on any atom is 0.421 e. The van der Waals surface area contributed by atoms with Crippen molar-refractivity contribution < 1.29 is 17.6 Å². The second-order valence-corrected chi connectivity index (χ2v) is 6.59. The molecular formula is C21H16F4N4. The number of para-hydroxylation sites is 1. The highest BCUT2D eigenvalue weighted by atomic mass is 19.4. The van der Waals surface area contributed by atoms with Gasteiger partial charge >= 0.3 is 6.18 Å². The zero-order chi connectivity index (χ0) is 20.6. The summed E-state index contributed by atoms with van der Waals surface area (Å²) in [7, 11) is 0. The minimum Gasteiger partial charge on any atom is -0.365 e. The van der Waals surface area contributed by atoms with Gasteiger partial charge in [0.1, 0.15) is 17.2 Å². The Kier molecular flexibility index (Phi) is 4.70. The quantitative estimate of drug-likeness (QED) is 0.460. The third-order valence-electron chi connectivity index (χ3n) is 4.53. The zero-order valence-corrected chi connectivity index (χ0v) is 15.3. The van der Waals surface area contributed by atoms with Gasteiger partial charge in [-0.2, -0.15) is 18.2 Å². The normalized spacial score (nSPS) is 11.8. The summed E-state index contributed by atoms with van der Waals surface area (Å²) in [6.07, 6.45) is -3.86. The fourth-order valence-corrected chi connectivity index (χ4v) is 3.21. The van der Waals surface area contributed by atoms with Crippen LogP contribution in [0.25, 0.3) is 16.9 Å². The summed E-state index contributed by atoms with van der Waals surface area (Å²) in [5.41, 5.74) is 1.11. The highest BCUT2D eigenvalue weighted by molar-refractivity contribution is 5.82. The highest BCUT2D eigenvalue weighted by Gasteiger charge is 2.35. The summed E-state index contributed by atoms with van der Waals surface area (Å²) in [5.74, 6) is -0.694. The summed E-state index contributed by atoms with van der Waals surface area (Å²) in [5, 5.41) is 3.62. The van der Waals surface area contributed by atoms with Crippen molar-refractivity contribution in [3.05, 3.63) is 83.4 Å². The van der Waals surface area contributed by atoms with Crippen LogP contribution in [0, 0.1) is 12.7 Å². The van der Waals surface area contributed by atoms with Crippen LogP contribution in [0.2, 0.25) is 0 Å². The lowest BCUT2D eigenvalue weighted by molar-refractivity contribution is -0.137. The first kappa shape index (κ1) is 18.9. The molecule has 4 aromatic rings. The third-order valence-corrected chi connectivity index (χ3v) is 4.53. The fourth-order valence-electron chi connectivity index (χ4n) is 3.21. The number of nitrogens with zero attached hydrogens (tertiary/aromatic N) is 3. The second-order valence-electron chi connectivity index (χ2n) is 6.59. The van der Waals surface area contributed by atoms with E-state index in [0.717, 1.165) is 22.8 Å². The maximum absolute atomic E-state index is 13.5. The molecule has 0 bridgehead atoms. The molecule has 0 fully saturated rings. The lowest BCUT2D eigenvalue weighted by Crippen LogP contribution is -2.15. The van der Waals surface area contributed by atoms with Crippen LogP contribution in [0.1, 0.15) is 16.8 Å². The molecule has 8 heteroatoms. The number of hydrogen-bond acceptors (Lipinski definition) is 3. The topological polar surface area (TPSA) is 42.7 Å². The van der Waals surface area contributed by atoms with Gasteiger partial charge in [-0.1, -0.05) is 30.3 Å². The molecule has 0 unspecified atom stereocenters. The summed E-state index contributed by atoms with van der Waals surface area (Å²) in [4.78, 5) is 8.12. The Morgan fingerprint density at radius 1 is 1.03 bits per heavy atom. The van der Waals surface area contributed by atoms with Crippen LogP contribution in [0.3, 0.4) is 0 Å². The van der Waals surface area contributed by atoms with E-state index in [-0.39, 0.29) is 18.3 Å². The predicted molar refractivity (Wildman–Crippen MR) is 102 cm³/mol. The van der Waals surface area contributed by atoms with Crippen molar-refractivity contribution in [2.24, 2.45) is 0 Å². The molecule has 1 N–H and O–H groups in total. The summed E-state index contributed by atoms with van der Waals surface area (Å²) < 4.78 is 55.4. The van der Waals surface area contributed by atoms with Crippen LogP contribution in [0.15, 0.2) is 60.8 Å². The molecule has 0 saturated carbocycles. The van der Waals surface area contributed by atoms with Gasteiger partial charge in [0.25, 0.3) is 0 Å². The molecule has 0 spiro atoms. The minimum absolute atomic E-state index is 0.0112. The molecule has 0 saturated heterocycles. The molecule has 148 valence electrons. The minimum atomic E-state index is -4.63. The number of benzene rings is 2. The standard InChI is InChI=1S/C21H16F4N4/c1-13-9-15-6-2-3-8-18(15)29(13)20-27-12-17(21(23,24)25)19(28-20)26-11-14-5-4-7-16(22)10-14/h2-10,12H,11H2,1H3,(H,26,27,28). The molecule has 0 aliphatic rings. The molecule has 4 nitrogen and oxygen atoms in total. The molecule has 0 aliphatic carbocycles. The molecule has 2 aromatic carbocycles. The predicted octanol–water partition coefficient (Wildman–Crippen LogP) is 5.50. The fraction of sp³-hybridized carbons (Fsp3) is 0.143. The Balaban J connectivity index is 1.77. The van der Waals surface area contributed by atoms with Crippen LogP contribution in [0.4, 0.5) is 23.4 Å². The highest BCUT2D eigenvalue weighted by Crippen LogP contribution is 2.34. The third kappa shape index (κ3) is 3.78. The lowest BCUT2D eigenvalue weighted by Gasteiger charge is -2.15. The van der Waals surface area contributed by atoms with E-state index in [9.17, 15) is 17.6 Å². The largest absolute Gasteiger partial charge is 0.421 e. The first-order valence-corrected chi connectivity index (χ1v) is 8.83. The van der Waals surface area contributed by atoms with E-state index in [1.165, 1.54) is 18.2 Å². The van der Waals surface area contributed by atoms with E-state index in [1.807, 2.05) is 37.3 Å². The number of halogens is 4. The van der Waals surface area contributed by atoms with Crippen LogP contribution < -0.4 is 5.32 Å². The van der Waals surface area contributed by atoms with Crippen molar-refractivity contribution in [2.75, 3.05) is 5.32 Å². The monoisotopic (exact) mass is 400 g/mol. The van der Waals surface area contributed by atoms with Crippen molar-refractivity contribution in [2.45, 2.75) is 19.6 Å². The average molecular weight is 400 g/mol. The van der Waals surface area contributed by atoms with Gasteiger partial charge in [0, 0.05) is 23.8 Å². The molecular weight excluding hydrogens is 384 g/mol. The number of rotatable bonds is 4. The van der Waals surface area contributed by atoms with Gasteiger partial charge in [0.2, 0.25) is 5.95 Å². The number of fused-ring (bicyclic) bond motifs is 1. The summed E-state index contributed by atoms with van der Waals surface area (Å²) in [6, 6.07) is 15.0. The van der Waals surface area contributed by atoms with Gasteiger partial charge < -0.3 is 5.32 Å². The first-order chi connectivity index (χ1) is 13.8. The van der Waals surface area contributed by atoms with E-state index >= 15 is 0 Å². The number of alkyl halides is 3. The molecule has 2 aromatic heterocycles. The van der Waals surface area contributed by atoms with Crippen molar-refractivity contribution in [1.82, 2.24) is 14.5 Å². The van der Waals surface area contributed by atoms with Gasteiger partial charge in [-0.05, 0) is 36.8 Å². The van der Waals surface area contributed by atoms with Gasteiger partial charge in [-0.25, -0.2) is 9.37 Å². The summed E-state index contributed by atoms with van der Waals surface area (Å²) >= 11 is 0. The molecule has 0 radical (unpaired) electrons. The van der Waals surface area contributed by atoms with E-state index < -0.39 is 17.6 Å². The van der Waals surface area contributed by atoms with Crippen LogP contribution in [-0.4, -0.2) is 14.5 Å². The van der Waals surface area contributed by atoms with Crippen LogP contribution in [-0.2, 0) is 12.7 Å². The molecule has 0 atom stereocenters. The molecule has 4 rings (SSSR count). The Labute approximate surface area is 163 Å². The van der Waals surface area contributed by atoms with Crippen LogP contribution >= 0.6 is 0 Å². The molecule has 0 aliphatic heterocycles. The number of anilines is 1. The molecule has 0 amide bonds. The number of hydrogen-bond donors (Lipinski definition) is 1. The van der Waals surface area contributed by atoms with Gasteiger partial charge in [-0.15, -0.1) is 0 Å². The average Bonchev–Trinajstić information content (AvgIpc) is 3.01. The van der Waals surface area contributed by atoms with Crippen molar-refractivity contribution in [1.29, 1.82) is 0 Å². The van der Waals surface area contributed by atoms with Crippen molar-refractivity contribution in [3.8, 4) is 5.95 Å². The Morgan fingerprint density at radius 2 is 1.83 bits per heavy atom. The number of aryl methyl sites for hydroxylation is 1.